The fraction of sp³-hybridized carbons (Fsp3) is 0.450. The third kappa shape index (κ3) is 4.36. The van der Waals surface area contributed by atoms with Crippen molar-refractivity contribution in [3.63, 3.8) is 0 Å². The number of rotatable bonds is 7. The lowest BCUT2D eigenvalue weighted by Gasteiger charge is -2.35. The van der Waals surface area contributed by atoms with Gasteiger partial charge in [-0.25, -0.2) is 4.98 Å². The number of anilines is 1. The molecule has 0 bridgehead atoms. The molecule has 7 nitrogen and oxygen atoms in total. The number of aryl methyl sites for hydroxylation is 1. The van der Waals surface area contributed by atoms with E-state index in [0.29, 0.717) is 12.4 Å². The molecule has 1 aromatic carbocycles. The molecule has 2 aromatic heterocycles. The normalized spacial score (nSPS) is 15.3. The second-order valence-electron chi connectivity index (χ2n) is 6.96. The molecule has 0 spiro atoms. The Morgan fingerprint density at radius 1 is 1.11 bits per heavy atom. The monoisotopic (exact) mass is 400 g/mol. The van der Waals surface area contributed by atoms with Crippen molar-refractivity contribution < 1.29 is 4.74 Å². The zero-order valence-electron chi connectivity index (χ0n) is 16.1. The number of piperazine rings is 1. The predicted molar refractivity (Wildman–Crippen MR) is 110 cm³/mol. The van der Waals surface area contributed by atoms with Gasteiger partial charge in [-0.3, -0.25) is 4.90 Å². The number of ether oxygens (including phenoxy) is 1. The highest BCUT2D eigenvalue weighted by Crippen LogP contribution is 2.19. The maximum Gasteiger partial charge on any atom is 0.254 e. The molecule has 1 aliphatic rings. The van der Waals surface area contributed by atoms with Crippen LogP contribution in [0.3, 0.4) is 0 Å². The van der Waals surface area contributed by atoms with Gasteiger partial charge in [-0.2, -0.15) is 14.6 Å². The van der Waals surface area contributed by atoms with Crippen LogP contribution in [0, 0.1) is 0 Å². The van der Waals surface area contributed by atoms with Gasteiger partial charge in [-0.05, 0) is 30.7 Å². The number of hydrogen-bond acceptors (Lipinski definition) is 6. The van der Waals surface area contributed by atoms with E-state index in [2.05, 4.69) is 37.9 Å². The van der Waals surface area contributed by atoms with Crippen LogP contribution in [0.5, 0.6) is 5.75 Å². The molecule has 148 valence electrons. The predicted octanol–water partition coefficient (Wildman–Crippen LogP) is 2.93. The van der Waals surface area contributed by atoms with Gasteiger partial charge in [0.15, 0.2) is 0 Å². The van der Waals surface area contributed by atoms with Crippen LogP contribution in [0.2, 0.25) is 5.02 Å². The number of benzene rings is 1. The first-order valence-corrected chi connectivity index (χ1v) is 10.2. The van der Waals surface area contributed by atoms with Crippen molar-refractivity contribution in [3.8, 4) is 5.75 Å². The van der Waals surface area contributed by atoms with Gasteiger partial charge < -0.3 is 9.64 Å². The highest BCUT2D eigenvalue weighted by atomic mass is 35.5. The van der Waals surface area contributed by atoms with E-state index in [1.165, 1.54) is 0 Å². The van der Waals surface area contributed by atoms with Crippen molar-refractivity contribution in [2.75, 3.05) is 44.2 Å². The molecule has 3 heterocycles. The van der Waals surface area contributed by atoms with Crippen LogP contribution < -0.4 is 9.64 Å². The first-order valence-electron chi connectivity index (χ1n) is 9.78. The summed E-state index contributed by atoms with van der Waals surface area (Å²) in [6.07, 6.45) is 3.60. The molecule has 8 heteroatoms. The standard InChI is InChI=1S/C20H25ClN6O/c1-2-3-17-14-19(27-20(24-17)22-15-23-27)26-10-8-25(9-11-26)12-13-28-18-6-4-16(21)5-7-18/h4-7,14-15H,2-3,8-13H2,1H3. The van der Waals surface area contributed by atoms with Gasteiger partial charge in [0.2, 0.25) is 0 Å². The Morgan fingerprint density at radius 3 is 2.64 bits per heavy atom. The van der Waals surface area contributed by atoms with Crippen molar-refractivity contribution in [1.29, 1.82) is 0 Å². The fourth-order valence-corrected chi connectivity index (χ4v) is 3.60. The van der Waals surface area contributed by atoms with Crippen LogP contribution >= 0.6 is 11.6 Å². The van der Waals surface area contributed by atoms with Crippen LogP contribution in [0.15, 0.2) is 36.7 Å². The van der Waals surface area contributed by atoms with Gasteiger partial charge in [0.25, 0.3) is 5.78 Å². The smallest absolute Gasteiger partial charge is 0.254 e. The molecule has 28 heavy (non-hydrogen) atoms. The minimum atomic E-state index is 0.671. The van der Waals surface area contributed by atoms with Crippen molar-refractivity contribution in [2.24, 2.45) is 0 Å². The topological polar surface area (TPSA) is 58.8 Å². The summed E-state index contributed by atoms with van der Waals surface area (Å²) in [5.74, 6) is 2.62. The summed E-state index contributed by atoms with van der Waals surface area (Å²) in [5.41, 5.74) is 1.08. The lowest BCUT2D eigenvalue weighted by atomic mass is 10.2. The summed E-state index contributed by atoms with van der Waals surface area (Å²) in [6, 6.07) is 9.66. The Bertz CT molecular complexity index is 905. The summed E-state index contributed by atoms with van der Waals surface area (Å²) >= 11 is 5.91. The minimum absolute atomic E-state index is 0.671. The lowest BCUT2D eigenvalue weighted by Crippen LogP contribution is -2.48. The van der Waals surface area contributed by atoms with Crippen molar-refractivity contribution >= 4 is 23.2 Å². The van der Waals surface area contributed by atoms with Crippen molar-refractivity contribution in [1.82, 2.24) is 24.5 Å². The van der Waals surface area contributed by atoms with Gasteiger partial charge >= 0.3 is 0 Å². The van der Waals surface area contributed by atoms with Gasteiger partial charge in [-0.1, -0.05) is 24.9 Å². The van der Waals surface area contributed by atoms with E-state index >= 15 is 0 Å². The lowest BCUT2D eigenvalue weighted by molar-refractivity contribution is 0.200. The highest BCUT2D eigenvalue weighted by molar-refractivity contribution is 6.30. The van der Waals surface area contributed by atoms with E-state index in [-0.39, 0.29) is 0 Å². The average molecular weight is 401 g/mol. The first kappa shape index (κ1) is 19.0. The van der Waals surface area contributed by atoms with E-state index in [0.717, 1.165) is 67.8 Å². The highest BCUT2D eigenvalue weighted by Gasteiger charge is 2.20. The molecule has 0 aliphatic carbocycles. The molecular weight excluding hydrogens is 376 g/mol. The molecule has 1 fully saturated rings. The van der Waals surface area contributed by atoms with Crippen molar-refractivity contribution in [2.45, 2.75) is 19.8 Å². The minimum Gasteiger partial charge on any atom is -0.492 e. The van der Waals surface area contributed by atoms with Crippen molar-refractivity contribution in [3.05, 3.63) is 47.4 Å². The number of hydrogen-bond donors (Lipinski definition) is 0. The number of halogens is 1. The van der Waals surface area contributed by atoms with Gasteiger partial charge in [0.05, 0.1) is 0 Å². The third-order valence-corrected chi connectivity index (χ3v) is 5.23. The SMILES string of the molecule is CCCc1cc(N2CCN(CCOc3ccc(Cl)cc3)CC2)n2ncnc2n1. The van der Waals surface area contributed by atoms with Crippen LogP contribution in [0.4, 0.5) is 5.82 Å². The maximum absolute atomic E-state index is 5.91. The summed E-state index contributed by atoms with van der Waals surface area (Å²) in [5, 5.41) is 5.09. The number of fused-ring (bicyclic) bond motifs is 1. The zero-order chi connectivity index (χ0) is 19.3. The first-order chi connectivity index (χ1) is 13.7. The molecule has 0 saturated carbocycles. The molecular formula is C20H25ClN6O. The quantitative estimate of drug-likeness (QED) is 0.607. The van der Waals surface area contributed by atoms with Gasteiger partial charge in [-0.15, -0.1) is 0 Å². The molecule has 0 amide bonds. The Balaban J connectivity index is 1.33. The van der Waals surface area contributed by atoms with Crippen LogP contribution in [0.25, 0.3) is 5.78 Å². The van der Waals surface area contributed by atoms with Crippen LogP contribution in [-0.4, -0.2) is 63.8 Å². The fourth-order valence-electron chi connectivity index (χ4n) is 3.48. The summed E-state index contributed by atoms with van der Waals surface area (Å²) in [7, 11) is 0. The molecule has 3 aromatic rings. The maximum atomic E-state index is 5.91. The van der Waals surface area contributed by atoms with E-state index in [1.54, 1.807) is 6.33 Å². The Labute approximate surface area is 169 Å². The van der Waals surface area contributed by atoms with E-state index in [1.807, 2.05) is 28.8 Å². The molecule has 0 radical (unpaired) electrons. The van der Waals surface area contributed by atoms with Crippen LogP contribution in [-0.2, 0) is 6.42 Å². The molecule has 0 unspecified atom stereocenters. The number of aromatic nitrogens is 4. The van der Waals surface area contributed by atoms with E-state index in [9.17, 15) is 0 Å². The summed E-state index contributed by atoms with van der Waals surface area (Å²) < 4.78 is 7.67. The molecule has 0 atom stereocenters. The Hall–Kier alpha value is -2.38. The Morgan fingerprint density at radius 2 is 1.89 bits per heavy atom. The molecule has 0 N–H and O–H groups in total. The van der Waals surface area contributed by atoms with Gasteiger partial charge in [0, 0.05) is 49.5 Å². The summed E-state index contributed by atoms with van der Waals surface area (Å²) in [4.78, 5) is 13.7. The molecule has 1 aliphatic heterocycles. The molecule has 4 rings (SSSR count). The van der Waals surface area contributed by atoms with E-state index < -0.39 is 0 Å². The van der Waals surface area contributed by atoms with Crippen LogP contribution in [0.1, 0.15) is 19.0 Å². The second-order valence-corrected chi connectivity index (χ2v) is 7.40. The largest absolute Gasteiger partial charge is 0.492 e. The van der Waals surface area contributed by atoms with E-state index in [4.69, 9.17) is 16.3 Å². The number of nitrogens with zero attached hydrogens (tertiary/aromatic N) is 6. The second kappa shape index (κ2) is 8.75. The van der Waals surface area contributed by atoms with Gasteiger partial charge in [0.1, 0.15) is 24.5 Å². The average Bonchev–Trinajstić information content (AvgIpc) is 3.18. The third-order valence-electron chi connectivity index (χ3n) is 4.98. The molecule has 1 saturated heterocycles. The zero-order valence-corrected chi connectivity index (χ0v) is 16.8. The summed E-state index contributed by atoms with van der Waals surface area (Å²) in [6.45, 7) is 7.63. The Kier molecular flexibility index (Phi) is 5.92.